The summed E-state index contributed by atoms with van der Waals surface area (Å²) in [5, 5.41) is 2.95. The van der Waals surface area contributed by atoms with E-state index in [0.717, 1.165) is 38.0 Å². The van der Waals surface area contributed by atoms with E-state index >= 15 is 0 Å². The molecule has 2 fully saturated rings. The number of rotatable bonds is 6. The molecule has 1 amide bonds. The van der Waals surface area contributed by atoms with Crippen LogP contribution in [-0.2, 0) is 10.0 Å². The maximum absolute atomic E-state index is 12.7. The summed E-state index contributed by atoms with van der Waals surface area (Å²) in [6.45, 7) is 6.59. The monoisotopic (exact) mass is 379 g/mol. The number of carbonyl (C=O) groups is 1. The first-order valence-electron chi connectivity index (χ1n) is 9.60. The Labute approximate surface area is 156 Å². The van der Waals surface area contributed by atoms with Crippen molar-refractivity contribution in [1.82, 2.24) is 14.5 Å². The van der Waals surface area contributed by atoms with Crippen LogP contribution in [0.3, 0.4) is 0 Å². The van der Waals surface area contributed by atoms with Gasteiger partial charge < -0.3 is 10.2 Å². The summed E-state index contributed by atoms with van der Waals surface area (Å²) >= 11 is 0. The average molecular weight is 380 g/mol. The van der Waals surface area contributed by atoms with Crippen molar-refractivity contribution in [3.05, 3.63) is 29.3 Å². The van der Waals surface area contributed by atoms with Gasteiger partial charge in [-0.05, 0) is 63.4 Å². The van der Waals surface area contributed by atoms with Gasteiger partial charge in [0.25, 0.3) is 5.91 Å². The molecule has 26 heavy (non-hydrogen) atoms. The Morgan fingerprint density at radius 2 is 1.69 bits per heavy atom. The molecule has 7 heteroatoms. The lowest BCUT2D eigenvalue weighted by Gasteiger charge is -2.26. The molecule has 0 spiro atoms. The summed E-state index contributed by atoms with van der Waals surface area (Å²) in [5.74, 6) is -0.196. The number of aryl methyl sites for hydroxylation is 1. The maximum atomic E-state index is 12.7. The minimum Gasteiger partial charge on any atom is -0.351 e. The van der Waals surface area contributed by atoms with Crippen molar-refractivity contribution in [3.8, 4) is 0 Å². The van der Waals surface area contributed by atoms with Crippen molar-refractivity contribution in [1.29, 1.82) is 0 Å². The van der Waals surface area contributed by atoms with Gasteiger partial charge in [0.2, 0.25) is 10.0 Å². The lowest BCUT2D eigenvalue weighted by Crippen LogP contribution is -2.37. The number of benzene rings is 1. The number of nitrogens with zero attached hydrogens (tertiary/aromatic N) is 2. The highest BCUT2D eigenvalue weighted by molar-refractivity contribution is 7.89. The molecule has 2 heterocycles. The second-order valence-corrected chi connectivity index (χ2v) is 9.18. The molecule has 0 saturated carbocycles. The first kappa shape index (κ1) is 19.3. The average Bonchev–Trinajstić information content (AvgIpc) is 3.18. The number of hydrogen-bond donors (Lipinski definition) is 1. The molecule has 1 aromatic rings. The van der Waals surface area contributed by atoms with Crippen LogP contribution < -0.4 is 5.32 Å². The van der Waals surface area contributed by atoms with Crippen molar-refractivity contribution in [3.63, 3.8) is 0 Å². The van der Waals surface area contributed by atoms with E-state index in [1.807, 2.05) is 6.92 Å². The quantitative estimate of drug-likeness (QED) is 0.821. The standard InChI is InChI=1S/C19H29N3O3S/c1-16-7-8-17(26(24,25)22-12-5-6-13-22)15-18(16)19(23)20-9-14-21-10-3-2-4-11-21/h7-8,15H,2-6,9-14H2,1H3,(H,20,23). The van der Waals surface area contributed by atoms with Gasteiger partial charge in [0.1, 0.15) is 0 Å². The van der Waals surface area contributed by atoms with Crippen LogP contribution in [0.4, 0.5) is 0 Å². The van der Waals surface area contributed by atoms with Crippen molar-refractivity contribution < 1.29 is 13.2 Å². The van der Waals surface area contributed by atoms with Crippen LogP contribution in [0.25, 0.3) is 0 Å². The second kappa shape index (κ2) is 8.50. The van der Waals surface area contributed by atoms with E-state index in [9.17, 15) is 13.2 Å². The Morgan fingerprint density at radius 3 is 2.38 bits per heavy atom. The number of hydrogen-bond acceptors (Lipinski definition) is 4. The molecule has 144 valence electrons. The molecule has 2 aliphatic heterocycles. The van der Waals surface area contributed by atoms with E-state index < -0.39 is 10.0 Å². The Kier molecular flexibility index (Phi) is 6.32. The molecular weight excluding hydrogens is 350 g/mol. The smallest absolute Gasteiger partial charge is 0.251 e. The molecule has 0 atom stereocenters. The third-order valence-corrected chi connectivity index (χ3v) is 7.21. The van der Waals surface area contributed by atoms with E-state index in [4.69, 9.17) is 0 Å². The van der Waals surface area contributed by atoms with Crippen LogP contribution >= 0.6 is 0 Å². The zero-order valence-corrected chi connectivity index (χ0v) is 16.4. The number of likely N-dealkylation sites (tertiary alicyclic amines) is 1. The molecule has 0 bridgehead atoms. The molecule has 1 aromatic carbocycles. The molecule has 0 unspecified atom stereocenters. The highest BCUT2D eigenvalue weighted by Crippen LogP contribution is 2.23. The maximum Gasteiger partial charge on any atom is 0.251 e. The third-order valence-electron chi connectivity index (χ3n) is 5.32. The normalized spacial score (nSPS) is 19.6. The molecule has 6 nitrogen and oxygen atoms in total. The van der Waals surface area contributed by atoms with Crippen molar-refractivity contribution in [2.45, 2.75) is 43.9 Å². The van der Waals surface area contributed by atoms with Gasteiger partial charge in [0.05, 0.1) is 4.90 Å². The third kappa shape index (κ3) is 4.45. The van der Waals surface area contributed by atoms with Crippen LogP contribution in [0.15, 0.2) is 23.1 Å². The summed E-state index contributed by atoms with van der Waals surface area (Å²) in [4.78, 5) is 15.1. The number of piperidine rings is 1. The number of nitrogens with one attached hydrogen (secondary N) is 1. The fourth-order valence-electron chi connectivity index (χ4n) is 3.69. The van der Waals surface area contributed by atoms with Crippen LogP contribution in [0.2, 0.25) is 0 Å². The van der Waals surface area contributed by atoms with Gasteiger partial charge in [-0.1, -0.05) is 12.5 Å². The second-order valence-electron chi connectivity index (χ2n) is 7.25. The first-order valence-corrected chi connectivity index (χ1v) is 11.0. The molecule has 2 saturated heterocycles. The summed E-state index contributed by atoms with van der Waals surface area (Å²) < 4.78 is 27.0. The minimum absolute atomic E-state index is 0.196. The molecule has 0 radical (unpaired) electrons. The molecule has 0 aromatic heterocycles. The van der Waals surface area contributed by atoms with Crippen LogP contribution in [0.1, 0.15) is 48.0 Å². The topological polar surface area (TPSA) is 69.7 Å². The molecule has 0 aliphatic carbocycles. The Morgan fingerprint density at radius 1 is 1.04 bits per heavy atom. The summed E-state index contributed by atoms with van der Waals surface area (Å²) in [6.07, 6.45) is 5.54. The van der Waals surface area contributed by atoms with Gasteiger partial charge >= 0.3 is 0 Å². The zero-order chi connectivity index (χ0) is 18.6. The van der Waals surface area contributed by atoms with Crippen LogP contribution in [0, 0.1) is 6.92 Å². The summed E-state index contributed by atoms with van der Waals surface area (Å²) in [7, 11) is -3.50. The number of amides is 1. The SMILES string of the molecule is Cc1ccc(S(=O)(=O)N2CCCC2)cc1C(=O)NCCN1CCCCC1. The molecule has 3 rings (SSSR count). The van der Waals surface area contributed by atoms with E-state index in [2.05, 4.69) is 10.2 Å². The fraction of sp³-hybridized carbons (Fsp3) is 0.632. The van der Waals surface area contributed by atoms with Crippen LogP contribution in [-0.4, -0.2) is 62.8 Å². The first-order chi connectivity index (χ1) is 12.5. The summed E-state index contributed by atoms with van der Waals surface area (Å²) in [5.41, 5.74) is 1.24. The predicted octanol–water partition coefficient (Wildman–Crippen LogP) is 2.00. The van der Waals surface area contributed by atoms with E-state index in [1.54, 1.807) is 12.1 Å². The molecule has 1 N–H and O–H groups in total. The highest BCUT2D eigenvalue weighted by Gasteiger charge is 2.28. The van der Waals surface area contributed by atoms with Gasteiger partial charge in [-0.2, -0.15) is 4.31 Å². The largest absolute Gasteiger partial charge is 0.351 e. The highest BCUT2D eigenvalue weighted by atomic mass is 32.2. The molecular formula is C19H29N3O3S. The van der Waals surface area contributed by atoms with Gasteiger partial charge in [-0.25, -0.2) is 8.42 Å². The van der Waals surface area contributed by atoms with Gasteiger partial charge in [-0.15, -0.1) is 0 Å². The van der Waals surface area contributed by atoms with E-state index in [0.29, 0.717) is 25.2 Å². The Balaban J connectivity index is 1.65. The lowest BCUT2D eigenvalue weighted by molar-refractivity contribution is 0.0945. The van der Waals surface area contributed by atoms with E-state index in [-0.39, 0.29) is 10.8 Å². The summed E-state index contributed by atoms with van der Waals surface area (Å²) in [6, 6.07) is 4.86. The lowest BCUT2D eigenvalue weighted by atomic mass is 10.1. The van der Waals surface area contributed by atoms with Gasteiger partial charge in [-0.3, -0.25) is 4.79 Å². The zero-order valence-electron chi connectivity index (χ0n) is 15.5. The minimum atomic E-state index is -3.50. The van der Waals surface area contributed by atoms with Gasteiger partial charge in [0.15, 0.2) is 0 Å². The predicted molar refractivity (Wildman–Crippen MR) is 102 cm³/mol. The molecule has 2 aliphatic rings. The van der Waals surface area contributed by atoms with Crippen LogP contribution in [0.5, 0.6) is 0 Å². The Bertz CT molecular complexity index is 736. The van der Waals surface area contributed by atoms with Crippen molar-refractivity contribution >= 4 is 15.9 Å². The fourth-order valence-corrected chi connectivity index (χ4v) is 5.23. The van der Waals surface area contributed by atoms with Gasteiger partial charge in [0, 0.05) is 31.7 Å². The number of sulfonamides is 1. The Hall–Kier alpha value is -1.44. The van der Waals surface area contributed by atoms with E-state index in [1.165, 1.54) is 29.6 Å². The van der Waals surface area contributed by atoms with Crippen molar-refractivity contribution in [2.75, 3.05) is 39.3 Å². The van der Waals surface area contributed by atoms with Crippen molar-refractivity contribution in [2.24, 2.45) is 0 Å². The number of carbonyl (C=O) groups excluding carboxylic acids is 1.